The van der Waals surface area contributed by atoms with Crippen molar-refractivity contribution in [3.63, 3.8) is 0 Å². The topological polar surface area (TPSA) is 60.2 Å². The van der Waals surface area contributed by atoms with Crippen molar-refractivity contribution >= 4 is 22.4 Å². The third-order valence-corrected chi connectivity index (χ3v) is 7.23. The third-order valence-electron chi connectivity index (χ3n) is 7.23. The van der Waals surface area contributed by atoms with E-state index in [1.807, 2.05) is 24.3 Å². The number of hydrogen-bond acceptors (Lipinski definition) is 5. The van der Waals surface area contributed by atoms with Gasteiger partial charge in [0.2, 0.25) is 0 Å². The molecule has 5 nitrogen and oxygen atoms in total. The number of fused-ring (bicyclic) bond motifs is 1. The number of likely N-dealkylation sites (tertiary alicyclic amines) is 1. The number of Topliss-reactive ketones (excluding diaryl/α,β-unsaturated/α-hetero) is 1. The van der Waals surface area contributed by atoms with Crippen LogP contribution in [0.1, 0.15) is 44.1 Å². The molecule has 2 aromatic rings. The summed E-state index contributed by atoms with van der Waals surface area (Å²) in [6, 6.07) is 10.1. The molecule has 0 spiro atoms. The van der Waals surface area contributed by atoms with Crippen LogP contribution < -0.4 is 4.90 Å². The molecule has 30 heavy (non-hydrogen) atoms. The van der Waals surface area contributed by atoms with Crippen LogP contribution in [-0.2, 0) is 4.79 Å². The van der Waals surface area contributed by atoms with Gasteiger partial charge >= 0.3 is 0 Å². The molecular weight excluding hydrogens is 372 g/mol. The van der Waals surface area contributed by atoms with E-state index in [4.69, 9.17) is 0 Å². The van der Waals surface area contributed by atoms with Crippen molar-refractivity contribution in [3.8, 4) is 6.07 Å². The lowest BCUT2D eigenvalue weighted by Crippen LogP contribution is -2.37. The van der Waals surface area contributed by atoms with Gasteiger partial charge in [-0.3, -0.25) is 9.78 Å². The molecule has 0 radical (unpaired) electrons. The monoisotopic (exact) mass is 402 g/mol. The predicted molar refractivity (Wildman–Crippen MR) is 118 cm³/mol. The molecule has 1 aliphatic carbocycles. The molecule has 1 atom stereocenters. The third kappa shape index (κ3) is 4.06. The van der Waals surface area contributed by atoms with Crippen molar-refractivity contribution in [2.24, 2.45) is 17.8 Å². The van der Waals surface area contributed by atoms with Gasteiger partial charge in [-0.05, 0) is 74.8 Å². The molecule has 3 heterocycles. The maximum absolute atomic E-state index is 13.0. The number of nitriles is 1. The quantitative estimate of drug-likeness (QED) is 0.730. The SMILES string of the molecule is N#Cc1ccc(N2CCC(C(=O)CC3CCN(CC4CC4)C3)CC2)c2cccnc12. The standard InChI is InChI=1S/C25H30N4O/c26-15-21-5-6-23(22-2-1-10-27-25(21)22)29-12-8-20(9-13-29)24(30)14-19-7-11-28(17-19)16-18-3-4-18/h1-2,5-6,10,18-20H,3-4,7-9,11-14,16-17H2. The summed E-state index contributed by atoms with van der Waals surface area (Å²) in [7, 11) is 0. The summed E-state index contributed by atoms with van der Waals surface area (Å²) in [5, 5.41) is 10.4. The Morgan fingerprint density at radius 2 is 1.90 bits per heavy atom. The fourth-order valence-corrected chi connectivity index (χ4v) is 5.33. The lowest BCUT2D eigenvalue weighted by molar-refractivity contribution is -0.124. The van der Waals surface area contributed by atoms with Crippen molar-refractivity contribution < 1.29 is 4.79 Å². The summed E-state index contributed by atoms with van der Waals surface area (Å²) in [6.45, 7) is 5.37. The van der Waals surface area contributed by atoms with Gasteiger partial charge in [0.25, 0.3) is 0 Å². The molecule has 5 rings (SSSR count). The van der Waals surface area contributed by atoms with Crippen LogP contribution in [0.15, 0.2) is 30.5 Å². The molecule has 0 N–H and O–H groups in total. The van der Waals surface area contributed by atoms with Gasteiger partial charge in [0.05, 0.1) is 11.1 Å². The van der Waals surface area contributed by atoms with Gasteiger partial charge in [-0.1, -0.05) is 0 Å². The molecule has 5 heteroatoms. The second-order valence-electron chi connectivity index (χ2n) is 9.43. The van der Waals surface area contributed by atoms with Crippen LogP contribution in [0, 0.1) is 29.1 Å². The average Bonchev–Trinajstić information content (AvgIpc) is 3.50. The summed E-state index contributed by atoms with van der Waals surface area (Å²) in [5.41, 5.74) is 2.52. The van der Waals surface area contributed by atoms with E-state index in [-0.39, 0.29) is 5.92 Å². The molecule has 1 unspecified atom stereocenters. The van der Waals surface area contributed by atoms with E-state index in [2.05, 4.69) is 20.9 Å². The number of hydrogen-bond donors (Lipinski definition) is 0. The summed E-state index contributed by atoms with van der Waals surface area (Å²) >= 11 is 0. The molecule has 1 aromatic heterocycles. The molecule has 156 valence electrons. The van der Waals surface area contributed by atoms with Crippen LogP contribution in [0.2, 0.25) is 0 Å². The van der Waals surface area contributed by atoms with Gasteiger partial charge < -0.3 is 9.80 Å². The lowest BCUT2D eigenvalue weighted by Gasteiger charge is -2.34. The number of carbonyl (C=O) groups excluding carboxylic acids is 1. The zero-order chi connectivity index (χ0) is 20.5. The van der Waals surface area contributed by atoms with E-state index in [9.17, 15) is 10.1 Å². The summed E-state index contributed by atoms with van der Waals surface area (Å²) in [4.78, 5) is 22.3. The molecule has 3 fully saturated rings. The van der Waals surface area contributed by atoms with Crippen LogP contribution in [0.25, 0.3) is 10.9 Å². The van der Waals surface area contributed by atoms with Gasteiger partial charge in [0.1, 0.15) is 11.9 Å². The van der Waals surface area contributed by atoms with Gasteiger partial charge in [0.15, 0.2) is 0 Å². The Labute approximate surface area is 178 Å². The highest BCUT2D eigenvalue weighted by atomic mass is 16.1. The zero-order valence-electron chi connectivity index (χ0n) is 17.6. The van der Waals surface area contributed by atoms with Gasteiger partial charge in [-0.15, -0.1) is 0 Å². The Morgan fingerprint density at radius 3 is 2.67 bits per heavy atom. The summed E-state index contributed by atoms with van der Waals surface area (Å²) in [6.07, 6.45) is 8.38. The average molecular weight is 403 g/mol. The maximum Gasteiger partial charge on any atom is 0.136 e. The number of piperidine rings is 1. The van der Waals surface area contributed by atoms with E-state index in [1.54, 1.807) is 6.20 Å². The number of anilines is 1. The number of carbonyl (C=O) groups is 1. The van der Waals surface area contributed by atoms with Crippen molar-refractivity contribution in [1.29, 1.82) is 5.26 Å². The Balaban J connectivity index is 1.18. The molecule has 2 saturated heterocycles. The minimum absolute atomic E-state index is 0.210. The minimum atomic E-state index is 0.210. The second-order valence-corrected chi connectivity index (χ2v) is 9.43. The Kier molecular flexibility index (Phi) is 5.43. The Bertz CT molecular complexity index is 969. The number of aromatic nitrogens is 1. The van der Waals surface area contributed by atoms with E-state index < -0.39 is 0 Å². The number of benzene rings is 1. The van der Waals surface area contributed by atoms with E-state index in [0.29, 0.717) is 17.3 Å². The van der Waals surface area contributed by atoms with Crippen molar-refractivity contribution in [3.05, 3.63) is 36.0 Å². The van der Waals surface area contributed by atoms with Gasteiger partial charge in [0, 0.05) is 55.8 Å². The van der Waals surface area contributed by atoms with Crippen molar-refractivity contribution in [2.75, 3.05) is 37.6 Å². The summed E-state index contributed by atoms with van der Waals surface area (Å²) in [5.74, 6) is 2.21. The number of rotatable bonds is 6. The van der Waals surface area contributed by atoms with Gasteiger partial charge in [-0.25, -0.2) is 0 Å². The zero-order valence-corrected chi connectivity index (χ0v) is 17.6. The smallest absolute Gasteiger partial charge is 0.136 e. The first kappa shape index (κ1) is 19.5. The molecule has 3 aliphatic rings. The Morgan fingerprint density at radius 1 is 1.07 bits per heavy atom. The fraction of sp³-hybridized carbons (Fsp3) is 0.560. The number of nitrogens with zero attached hydrogens (tertiary/aromatic N) is 4. The first-order valence-electron chi connectivity index (χ1n) is 11.5. The Hall–Kier alpha value is -2.45. The number of ketones is 1. The van der Waals surface area contributed by atoms with E-state index in [1.165, 1.54) is 32.4 Å². The fourth-order valence-electron chi connectivity index (χ4n) is 5.33. The largest absolute Gasteiger partial charge is 0.371 e. The van der Waals surface area contributed by atoms with Crippen LogP contribution in [0.5, 0.6) is 0 Å². The normalized spacial score (nSPS) is 23.0. The predicted octanol–water partition coefficient (Wildman–Crippen LogP) is 4.01. The van der Waals surface area contributed by atoms with Crippen LogP contribution >= 0.6 is 0 Å². The maximum atomic E-state index is 13.0. The molecular formula is C25H30N4O. The molecule has 1 aromatic carbocycles. The molecule has 1 saturated carbocycles. The minimum Gasteiger partial charge on any atom is -0.371 e. The first-order chi connectivity index (χ1) is 14.7. The highest BCUT2D eigenvalue weighted by Gasteiger charge is 2.32. The van der Waals surface area contributed by atoms with Crippen molar-refractivity contribution in [1.82, 2.24) is 9.88 Å². The highest BCUT2D eigenvalue weighted by Crippen LogP contribution is 2.34. The highest BCUT2D eigenvalue weighted by molar-refractivity contribution is 5.95. The summed E-state index contributed by atoms with van der Waals surface area (Å²) < 4.78 is 0. The lowest BCUT2D eigenvalue weighted by atomic mass is 9.87. The van der Waals surface area contributed by atoms with Crippen molar-refractivity contribution in [2.45, 2.75) is 38.5 Å². The molecule has 0 bridgehead atoms. The van der Waals surface area contributed by atoms with Crippen LogP contribution in [-0.4, -0.2) is 48.4 Å². The van der Waals surface area contributed by atoms with Crippen LogP contribution in [0.3, 0.4) is 0 Å². The number of pyridine rings is 1. The first-order valence-corrected chi connectivity index (χ1v) is 11.5. The van der Waals surface area contributed by atoms with E-state index >= 15 is 0 Å². The van der Waals surface area contributed by atoms with E-state index in [0.717, 1.165) is 61.4 Å². The molecule has 0 amide bonds. The second kappa shape index (κ2) is 8.35. The van der Waals surface area contributed by atoms with Crippen LogP contribution in [0.4, 0.5) is 5.69 Å². The van der Waals surface area contributed by atoms with Gasteiger partial charge in [-0.2, -0.15) is 5.26 Å². The molecule has 2 aliphatic heterocycles.